The van der Waals surface area contributed by atoms with Crippen molar-refractivity contribution in [3.63, 3.8) is 0 Å². The highest BCUT2D eigenvalue weighted by Crippen LogP contribution is 2.35. The van der Waals surface area contributed by atoms with E-state index in [1.54, 1.807) is 26.6 Å². The van der Waals surface area contributed by atoms with E-state index in [1.165, 1.54) is 0 Å². The van der Waals surface area contributed by atoms with Crippen LogP contribution in [0.3, 0.4) is 0 Å². The lowest BCUT2D eigenvalue weighted by molar-refractivity contribution is 0.375. The van der Waals surface area contributed by atoms with E-state index < -0.39 is 0 Å². The molecular weight excluding hydrogens is 342 g/mol. The summed E-state index contributed by atoms with van der Waals surface area (Å²) in [5.74, 6) is 2.84. The molecule has 0 aliphatic carbocycles. The van der Waals surface area contributed by atoms with E-state index in [2.05, 4.69) is 15.0 Å². The Kier molecular flexibility index (Phi) is 4.53. The maximum Gasteiger partial charge on any atom is 0.231 e. The average molecular weight is 359 g/mol. The van der Waals surface area contributed by atoms with Crippen molar-refractivity contribution in [1.82, 2.24) is 15.0 Å². The second-order valence-electron chi connectivity index (χ2n) is 5.73. The van der Waals surface area contributed by atoms with Gasteiger partial charge in [-0.05, 0) is 42.5 Å². The molecular formula is C21H17N3O3. The maximum absolute atomic E-state index is 6.12. The first-order chi connectivity index (χ1) is 13.3. The van der Waals surface area contributed by atoms with Gasteiger partial charge in [0.15, 0.2) is 17.3 Å². The summed E-state index contributed by atoms with van der Waals surface area (Å²) in [6.07, 6.45) is 3.43. The Labute approximate surface area is 156 Å². The van der Waals surface area contributed by atoms with Gasteiger partial charge in [-0.3, -0.25) is 4.98 Å². The first kappa shape index (κ1) is 16.8. The number of hydrogen-bond donors (Lipinski definition) is 0. The summed E-state index contributed by atoms with van der Waals surface area (Å²) in [6, 6.07) is 16.8. The molecule has 0 saturated carbocycles. The van der Waals surface area contributed by atoms with Crippen molar-refractivity contribution in [1.29, 1.82) is 0 Å². The SMILES string of the molecule is COc1ccc2nc(-c3cccnc3)nc(Oc3ccccc3OC)c2c1. The summed E-state index contributed by atoms with van der Waals surface area (Å²) in [5, 5.41) is 0.743. The topological polar surface area (TPSA) is 66.4 Å². The number of para-hydroxylation sites is 2. The number of hydrogen-bond acceptors (Lipinski definition) is 6. The molecule has 0 atom stereocenters. The number of rotatable bonds is 5. The van der Waals surface area contributed by atoms with Crippen LogP contribution in [0.5, 0.6) is 23.1 Å². The number of pyridine rings is 1. The van der Waals surface area contributed by atoms with Gasteiger partial charge in [-0.15, -0.1) is 0 Å². The second kappa shape index (κ2) is 7.29. The van der Waals surface area contributed by atoms with Crippen LogP contribution in [-0.2, 0) is 0 Å². The van der Waals surface area contributed by atoms with Crippen molar-refractivity contribution in [2.45, 2.75) is 0 Å². The van der Waals surface area contributed by atoms with Gasteiger partial charge < -0.3 is 14.2 Å². The van der Waals surface area contributed by atoms with Crippen LogP contribution >= 0.6 is 0 Å². The lowest BCUT2D eigenvalue weighted by Gasteiger charge is -2.13. The van der Waals surface area contributed by atoms with Crippen molar-refractivity contribution in [3.05, 3.63) is 67.0 Å². The van der Waals surface area contributed by atoms with Gasteiger partial charge in [0, 0.05) is 18.0 Å². The van der Waals surface area contributed by atoms with Crippen LogP contribution in [0.25, 0.3) is 22.3 Å². The van der Waals surface area contributed by atoms with Crippen molar-refractivity contribution >= 4 is 10.9 Å². The minimum Gasteiger partial charge on any atom is -0.497 e. The van der Waals surface area contributed by atoms with E-state index in [-0.39, 0.29) is 0 Å². The van der Waals surface area contributed by atoms with Crippen LogP contribution in [0.4, 0.5) is 0 Å². The third-order valence-corrected chi connectivity index (χ3v) is 4.06. The smallest absolute Gasteiger partial charge is 0.231 e. The number of nitrogens with zero attached hydrogens (tertiary/aromatic N) is 3. The summed E-state index contributed by atoms with van der Waals surface area (Å²) in [4.78, 5) is 13.4. The average Bonchev–Trinajstić information content (AvgIpc) is 2.74. The molecule has 2 aromatic carbocycles. The zero-order valence-corrected chi connectivity index (χ0v) is 14.9. The van der Waals surface area contributed by atoms with E-state index in [0.717, 1.165) is 16.5 Å². The summed E-state index contributed by atoms with van der Waals surface area (Å²) >= 11 is 0. The quantitative estimate of drug-likeness (QED) is 0.523. The predicted octanol–water partition coefficient (Wildman–Crippen LogP) is 4.50. The van der Waals surface area contributed by atoms with Crippen molar-refractivity contribution in [3.8, 4) is 34.5 Å². The number of aromatic nitrogens is 3. The van der Waals surface area contributed by atoms with Crippen LogP contribution in [0.2, 0.25) is 0 Å². The lowest BCUT2D eigenvalue weighted by Crippen LogP contribution is -1.98. The van der Waals surface area contributed by atoms with Crippen molar-refractivity contribution < 1.29 is 14.2 Å². The van der Waals surface area contributed by atoms with Gasteiger partial charge in [0.05, 0.1) is 25.1 Å². The molecule has 0 bridgehead atoms. The highest BCUT2D eigenvalue weighted by Gasteiger charge is 2.14. The number of benzene rings is 2. The van der Waals surface area contributed by atoms with Gasteiger partial charge in [0.1, 0.15) is 5.75 Å². The Bertz CT molecular complexity index is 1080. The van der Waals surface area contributed by atoms with Gasteiger partial charge in [-0.1, -0.05) is 12.1 Å². The zero-order chi connectivity index (χ0) is 18.6. The molecule has 0 aliphatic heterocycles. The fourth-order valence-electron chi connectivity index (χ4n) is 2.72. The van der Waals surface area contributed by atoms with Crippen LogP contribution in [-0.4, -0.2) is 29.2 Å². The Morgan fingerprint density at radius 2 is 1.67 bits per heavy atom. The van der Waals surface area contributed by atoms with E-state index in [9.17, 15) is 0 Å². The molecule has 6 nitrogen and oxygen atoms in total. The minimum absolute atomic E-state index is 0.419. The maximum atomic E-state index is 6.12. The second-order valence-corrected chi connectivity index (χ2v) is 5.73. The molecule has 0 aliphatic rings. The molecule has 2 aromatic heterocycles. The molecule has 0 unspecified atom stereocenters. The van der Waals surface area contributed by atoms with Crippen LogP contribution in [0.1, 0.15) is 0 Å². The molecule has 27 heavy (non-hydrogen) atoms. The fraction of sp³-hybridized carbons (Fsp3) is 0.0952. The van der Waals surface area contributed by atoms with Gasteiger partial charge >= 0.3 is 0 Å². The number of ether oxygens (including phenoxy) is 3. The van der Waals surface area contributed by atoms with Gasteiger partial charge in [0.25, 0.3) is 0 Å². The van der Waals surface area contributed by atoms with E-state index in [4.69, 9.17) is 14.2 Å². The van der Waals surface area contributed by atoms with Crippen molar-refractivity contribution in [2.75, 3.05) is 14.2 Å². The van der Waals surface area contributed by atoms with Crippen LogP contribution < -0.4 is 14.2 Å². The Hall–Kier alpha value is -3.67. The third-order valence-electron chi connectivity index (χ3n) is 4.06. The molecule has 2 heterocycles. The van der Waals surface area contributed by atoms with Crippen LogP contribution in [0.15, 0.2) is 67.0 Å². The molecule has 4 aromatic rings. The zero-order valence-electron chi connectivity index (χ0n) is 14.9. The van der Waals surface area contributed by atoms with Gasteiger partial charge in [-0.2, -0.15) is 4.98 Å². The molecule has 134 valence electrons. The van der Waals surface area contributed by atoms with Crippen LogP contribution in [0, 0.1) is 0 Å². The van der Waals surface area contributed by atoms with Crippen molar-refractivity contribution in [2.24, 2.45) is 0 Å². The highest BCUT2D eigenvalue weighted by atomic mass is 16.5. The summed E-state index contributed by atoms with van der Waals surface area (Å²) in [5.41, 5.74) is 1.55. The molecule has 0 N–H and O–H groups in total. The normalized spacial score (nSPS) is 10.6. The summed E-state index contributed by atoms with van der Waals surface area (Å²) in [7, 11) is 3.22. The first-order valence-electron chi connectivity index (χ1n) is 8.35. The summed E-state index contributed by atoms with van der Waals surface area (Å²) < 4.78 is 16.9. The minimum atomic E-state index is 0.419. The van der Waals surface area contributed by atoms with E-state index in [1.807, 2.05) is 54.6 Å². The standard InChI is InChI=1S/C21H17N3O3/c1-25-15-9-10-17-16(12-15)21(27-19-8-4-3-7-18(19)26-2)24-20(23-17)14-6-5-11-22-13-14/h3-13H,1-2H3. The Morgan fingerprint density at radius 3 is 2.41 bits per heavy atom. The van der Waals surface area contributed by atoms with E-state index in [0.29, 0.717) is 29.0 Å². The largest absolute Gasteiger partial charge is 0.497 e. The molecule has 4 rings (SSSR count). The Balaban J connectivity index is 1.90. The molecule has 0 fully saturated rings. The van der Waals surface area contributed by atoms with Gasteiger partial charge in [-0.25, -0.2) is 4.98 Å². The molecule has 0 spiro atoms. The monoisotopic (exact) mass is 359 g/mol. The van der Waals surface area contributed by atoms with Gasteiger partial charge in [0.2, 0.25) is 5.88 Å². The lowest BCUT2D eigenvalue weighted by atomic mass is 10.2. The summed E-state index contributed by atoms with van der Waals surface area (Å²) in [6.45, 7) is 0. The van der Waals surface area contributed by atoms with E-state index >= 15 is 0 Å². The highest BCUT2D eigenvalue weighted by molar-refractivity contribution is 5.86. The number of methoxy groups -OCH3 is 2. The molecule has 0 amide bonds. The fourth-order valence-corrected chi connectivity index (χ4v) is 2.72. The predicted molar refractivity (Wildman–Crippen MR) is 102 cm³/mol. The first-order valence-corrected chi connectivity index (χ1v) is 8.35. The molecule has 6 heteroatoms. The Morgan fingerprint density at radius 1 is 0.815 bits per heavy atom. The molecule has 0 radical (unpaired) electrons. The third kappa shape index (κ3) is 3.37. The molecule has 0 saturated heterocycles. The number of fused-ring (bicyclic) bond motifs is 1.